The summed E-state index contributed by atoms with van der Waals surface area (Å²) in [6, 6.07) is -5.39. The highest BCUT2D eigenvalue weighted by Crippen LogP contribution is 2.10. The Labute approximate surface area is 205 Å². The fraction of sp³-hybridized carbons (Fsp3) is 0.727. The molecule has 13 heteroatoms. The first-order valence-corrected chi connectivity index (χ1v) is 11.6. The summed E-state index contributed by atoms with van der Waals surface area (Å²) in [5.74, 6) is -5.35. The van der Waals surface area contributed by atoms with Crippen molar-refractivity contribution in [1.29, 1.82) is 0 Å². The van der Waals surface area contributed by atoms with E-state index < -0.39 is 71.6 Å². The third-order valence-corrected chi connectivity index (χ3v) is 5.50. The molecule has 0 aromatic rings. The van der Waals surface area contributed by atoms with Gasteiger partial charge in [-0.15, -0.1) is 0 Å². The van der Waals surface area contributed by atoms with E-state index in [1.54, 1.807) is 20.8 Å². The summed E-state index contributed by atoms with van der Waals surface area (Å²) in [5, 5.41) is 19.1. The molecule has 0 unspecified atom stereocenters. The Morgan fingerprint density at radius 3 is 1.74 bits per heavy atom. The molecule has 0 heterocycles. The predicted molar refractivity (Wildman–Crippen MR) is 127 cm³/mol. The lowest BCUT2D eigenvalue weighted by molar-refractivity contribution is -0.143. The molecule has 0 aliphatic heterocycles. The van der Waals surface area contributed by atoms with Gasteiger partial charge in [0.25, 0.3) is 0 Å². The highest BCUT2D eigenvalue weighted by molar-refractivity contribution is 5.95. The van der Waals surface area contributed by atoms with Gasteiger partial charge in [0.2, 0.25) is 29.5 Å². The van der Waals surface area contributed by atoms with Gasteiger partial charge in [-0.3, -0.25) is 24.0 Å². The van der Waals surface area contributed by atoms with Crippen molar-refractivity contribution in [3.63, 3.8) is 0 Å². The maximum Gasteiger partial charge on any atom is 0.326 e. The van der Waals surface area contributed by atoms with Crippen LogP contribution in [-0.4, -0.2) is 70.8 Å². The normalized spacial score (nSPS) is 16.1. The van der Waals surface area contributed by atoms with E-state index in [0.717, 1.165) is 0 Å². The summed E-state index contributed by atoms with van der Waals surface area (Å²) >= 11 is 0. The van der Waals surface area contributed by atoms with Gasteiger partial charge in [-0.1, -0.05) is 34.1 Å². The number of hydrogen-bond donors (Lipinski definition) is 7. The first-order chi connectivity index (χ1) is 16.1. The Morgan fingerprint density at radius 2 is 1.31 bits per heavy atom. The average molecular weight is 501 g/mol. The van der Waals surface area contributed by atoms with Crippen molar-refractivity contribution in [1.82, 2.24) is 21.3 Å². The van der Waals surface area contributed by atoms with Crippen molar-refractivity contribution in [3.05, 3.63) is 0 Å². The lowest BCUT2D eigenvalue weighted by atomic mass is 9.97. The van der Waals surface area contributed by atoms with Crippen LogP contribution in [0.1, 0.15) is 60.8 Å². The highest BCUT2D eigenvalue weighted by atomic mass is 16.4. The number of hydrogen-bond acceptors (Lipinski definition) is 7. The number of nitrogens with two attached hydrogens (primary N) is 2. The number of primary amides is 1. The maximum atomic E-state index is 13.0. The van der Waals surface area contributed by atoms with Crippen molar-refractivity contribution >= 4 is 35.5 Å². The maximum absolute atomic E-state index is 13.0. The number of amides is 5. The van der Waals surface area contributed by atoms with Crippen molar-refractivity contribution in [2.75, 3.05) is 0 Å². The second-order valence-corrected chi connectivity index (χ2v) is 9.03. The van der Waals surface area contributed by atoms with Crippen LogP contribution in [-0.2, 0) is 28.8 Å². The summed E-state index contributed by atoms with van der Waals surface area (Å²) in [6.45, 7) is 9.62. The SMILES string of the molecule is CC[C@H](C)[C@H](NC(=O)[C@H](C)N)C(=O)N[C@@H](CCC(N)=O)C(=O)N[C@@H](C)C(=O)N[C@H](C(=O)O)C(C)C. The van der Waals surface area contributed by atoms with E-state index >= 15 is 0 Å². The Morgan fingerprint density at radius 1 is 0.771 bits per heavy atom. The van der Waals surface area contributed by atoms with Gasteiger partial charge in [-0.05, 0) is 32.1 Å². The standard InChI is InChI=1S/C22H40N6O7/c1-7-11(4)17(28-18(30)12(5)23)21(33)26-14(8-9-15(24)29)20(32)25-13(6)19(31)27-16(10(2)3)22(34)35/h10-14,16-17H,7-9,23H2,1-6H3,(H2,24,29)(H,25,32)(H,26,33)(H,27,31)(H,28,30)(H,34,35)/t11-,12-,13-,14-,16-,17-/m0/s1. The molecule has 0 aliphatic carbocycles. The molecule has 200 valence electrons. The van der Waals surface area contributed by atoms with E-state index in [1.165, 1.54) is 13.8 Å². The molecule has 0 radical (unpaired) electrons. The van der Waals surface area contributed by atoms with E-state index in [2.05, 4.69) is 21.3 Å². The van der Waals surface area contributed by atoms with Crippen LogP contribution < -0.4 is 32.7 Å². The van der Waals surface area contributed by atoms with Crippen LogP contribution in [0.5, 0.6) is 0 Å². The first kappa shape index (κ1) is 31.8. The monoisotopic (exact) mass is 500 g/mol. The van der Waals surface area contributed by atoms with Crippen LogP contribution >= 0.6 is 0 Å². The molecular weight excluding hydrogens is 460 g/mol. The van der Waals surface area contributed by atoms with Crippen LogP contribution in [0.25, 0.3) is 0 Å². The lowest BCUT2D eigenvalue weighted by Gasteiger charge is -2.27. The summed E-state index contributed by atoms with van der Waals surface area (Å²) in [5.41, 5.74) is 10.8. The van der Waals surface area contributed by atoms with Gasteiger partial charge in [-0.25, -0.2) is 4.79 Å². The summed E-state index contributed by atoms with van der Waals surface area (Å²) in [4.78, 5) is 73.0. The Hall–Kier alpha value is -3.22. The highest BCUT2D eigenvalue weighted by Gasteiger charge is 2.32. The molecule has 0 fully saturated rings. The molecule has 0 aromatic heterocycles. The molecule has 0 saturated heterocycles. The molecule has 35 heavy (non-hydrogen) atoms. The summed E-state index contributed by atoms with van der Waals surface area (Å²) in [7, 11) is 0. The van der Waals surface area contributed by atoms with Crippen LogP contribution in [0.2, 0.25) is 0 Å². The molecule has 0 aromatic carbocycles. The van der Waals surface area contributed by atoms with Gasteiger partial charge in [0, 0.05) is 6.42 Å². The fourth-order valence-electron chi connectivity index (χ4n) is 2.97. The Kier molecular flexibility index (Phi) is 13.5. The van der Waals surface area contributed by atoms with E-state index in [1.807, 2.05) is 6.92 Å². The molecule has 0 aliphatic rings. The van der Waals surface area contributed by atoms with Crippen LogP contribution in [0.15, 0.2) is 0 Å². The zero-order valence-corrected chi connectivity index (χ0v) is 21.2. The quantitative estimate of drug-likeness (QED) is 0.137. The molecule has 0 bridgehead atoms. The molecular formula is C22H40N6O7. The van der Waals surface area contributed by atoms with Crippen LogP contribution in [0.4, 0.5) is 0 Å². The summed E-state index contributed by atoms with van der Waals surface area (Å²) < 4.78 is 0. The molecule has 0 spiro atoms. The minimum Gasteiger partial charge on any atom is -0.480 e. The van der Waals surface area contributed by atoms with E-state index in [-0.39, 0.29) is 18.8 Å². The predicted octanol–water partition coefficient (Wildman–Crippen LogP) is -1.66. The number of rotatable bonds is 15. The van der Waals surface area contributed by atoms with Gasteiger partial charge in [0.15, 0.2) is 0 Å². The van der Waals surface area contributed by atoms with Gasteiger partial charge >= 0.3 is 5.97 Å². The number of carbonyl (C=O) groups excluding carboxylic acids is 5. The zero-order chi connectivity index (χ0) is 27.5. The first-order valence-electron chi connectivity index (χ1n) is 11.6. The molecule has 6 atom stereocenters. The zero-order valence-electron chi connectivity index (χ0n) is 21.2. The molecule has 13 nitrogen and oxygen atoms in total. The molecule has 5 amide bonds. The lowest BCUT2D eigenvalue weighted by Crippen LogP contribution is -2.59. The van der Waals surface area contributed by atoms with Gasteiger partial charge in [0.1, 0.15) is 24.2 Å². The largest absolute Gasteiger partial charge is 0.480 e. The molecule has 0 rings (SSSR count). The van der Waals surface area contributed by atoms with E-state index in [0.29, 0.717) is 6.42 Å². The minimum atomic E-state index is -1.25. The van der Waals surface area contributed by atoms with Crippen LogP contribution in [0, 0.1) is 11.8 Å². The average Bonchev–Trinajstić information content (AvgIpc) is 2.76. The Balaban J connectivity index is 5.54. The van der Waals surface area contributed by atoms with Crippen molar-refractivity contribution in [2.24, 2.45) is 23.3 Å². The van der Waals surface area contributed by atoms with E-state index in [4.69, 9.17) is 11.5 Å². The number of carboxylic acids is 1. The van der Waals surface area contributed by atoms with Crippen molar-refractivity contribution < 1.29 is 33.9 Å². The van der Waals surface area contributed by atoms with Gasteiger partial charge < -0.3 is 37.8 Å². The Bertz CT molecular complexity index is 786. The molecule has 9 N–H and O–H groups in total. The number of carbonyl (C=O) groups is 6. The molecule has 0 saturated carbocycles. The van der Waals surface area contributed by atoms with Crippen molar-refractivity contribution in [2.45, 2.75) is 91.0 Å². The number of carboxylic acid groups (broad SMARTS) is 1. The summed E-state index contributed by atoms with van der Waals surface area (Å²) in [6.07, 6.45) is 0.153. The van der Waals surface area contributed by atoms with E-state index in [9.17, 15) is 33.9 Å². The number of aliphatic carboxylic acids is 1. The topological polar surface area (TPSA) is 223 Å². The third kappa shape index (κ3) is 11.2. The van der Waals surface area contributed by atoms with Gasteiger partial charge in [-0.2, -0.15) is 0 Å². The number of nitrogens with one attached hydrogen (secondary N) is 4. The van der Waals surface area contributed by atoms with Crippen LogP contribution in [0.3, 0.4) is 0 Å². The van der Waals surface area contributed by atoms with Crippen molar-refractivity contribution in [3.8, 4) is 0 Å². The third-order valence-electron chi connectivity index (χ3n) is 5.50. The minimum absolute atomic E-state index is 0.153. The fourth-order valence-corrected chi connectivity index (χ4v) is 2.97. The van der Waals surface area contributed by atoms with Gasteiger partial charge in [0.05, 0.1) is 6.04 Å². The smallest absolute Gasteiger partial charge is 0.326 e. The second-order valence-electron chi connectivity index (χ2n) is 9.03. The second kappa shape index (κ2) is 14.9.